The summed E-state index contributed by atoms with van der Waals surface area (Å²) in [4.78, 5) is 11.3. The minimum atomic E-state index is -0.920. The molecule has 0 aliphatic heterocycles. The maximum Gasteiger partial charge on any atom is 0.331 e. The summed E-state index contributed by atoms with van der Waals surface area (Å²) in [6.07, 6.45) is 2.11. The first-order valence-corrected chi connectivity index (χ1v) is 7.12. The van der Waals surface area contributed by atoms with Crippen LogP contribution in [0.4, 0.5) is 0 Å². The number of ether oxygens (including phenoxy) is 2. The first-order valence-electron chi connectivity index (χ1n) is 7.12. The molecule has 0 aliphatic rings. The molecule has 22 heavy (non-hydrogen) atoms. The summed E-state index contributed by atoms with van der Waals surface area (Å²) in [5.74, 6) is 0.487. The van der Waals surface area contributed by atoms with Crippen LogP contribution in [-0.2, 0) is 4.79 Å². The molecule has 116 valence electrons. The fraction of sp³-hybridized carbons (Fsp3) is 0.278. The van der Waals surface area contributed by atoms with Gasteiger partial charge >= 0.3 is 5.97 Å². The third-order valence-corrected chi connectivity index (χ3v) is 3.79. The fourth-order valence-electron chi connectivity index (χ4n) is 2.66. The van der Waals surface area contributed by atoms with Gasteiger partial charge in [0.25, 0.3) is 0 Å². The van der Waals surface area contributed by atoms with Crippen LogP contribution in [0.15, 0.2) is 29.8 Å². The third-order valence-electron chi connectivity index (χ3n) is 3.79. The largest absolute Gasteiger partial charge is 0.496 e. The highest BCUT2D eigenvalue weighted by molar-refractivity contribution is 6.00. The van der Waals surface area contributed by atoms with E-state index in [9.17, 15) is 9.90 Å². The number of methoxy groups -OCH3 is 2. The van der Waals surface area contributed by atoms with E-state index in [0.29, 0.717) is 17.7 Å². The van der Waals surface area contributed by atoms with Crippen LogP contribution in [0.3, 0.4) is 0 Å². The van der Waals surface area contributed by atoms with Crippen molar-refractivity contribution in [3.63, 3.8) is 0 Å². The summed E-state index contributed by atoms with van der Waals surface area (Å²) in [7, 11) is 3.21. The molecule has 0 fully saturated rings. The molecule has 0 radical (unpaired) electrons. The van der Waals surface area contributed by atoms with Crippen LogP contribution >= 0.6 is 0 Å². The van der Waals surface area contributed by atoms with Gasteiger partial charge in [0.15, 0.2) is 0 Å². The predicted molar refractivity (Wildman–Crippen MR) is 87.7 cm³/mol. The van der Waals surface area contributed by atoms with Crippen LogP contribution in [0.5, 0.6) is 11.5 Å². The highest BCUT2D eigenvalue weighted by Gasteiger charge is 2.18. The summed E-state index contributed by atoms with van der Waals surface area (Å²) < 4.78 is 11.1. The van der Waals surface area contributed by atoms with Crippen molar-refractivity contribution in [2.75, 3.05) is 14.2 Å². The Balaban J connectivity index is 2.89. The fourth-order valence-corrected chi connectivity index (χ4v) is 2.66. The number of rotatable bonds is 5. The minimum absolute atomic E-state index is 0.332. The normalized spacial score (nSPS) is 11.5. The molecule has 2 aromatic rings. The number of hydrogen-bond acceptors (Lipinski definition) is 3. The Kier molecular flexibility index (Phi) is 4.71. The van der Waals surface area contributed by atoms with Gasteiger partial charge in [-0.3, -0.25) is 0 Å². The van der Waals surface area contributed by atoms with Crippen molar-refractivity contribution in [2.45, 2.75) is 20.3 Å². The van der Waals surface area contributed by atoms with Crippen molar-refractivity contribution in [3.05, 3.63) is 41.0 Å². The van der Waals surface area contributed by atoms with Crippen molar-refractivity contribution in [3.8, 4) is 11.5 Å². The molecule has 0 spiro atoms. The molecule has 0 saturated carbocycles. The number of carbonyl (C=O) groups is 1. The van der Waals surface area contributed by atoms with E-state index in [2.05, 4.69) is 0 Å². The highest BCUT2D eigenvalue weighted by Crippen LogP contribution is 2.41. The molecule has 2 rings (SSSR count). The topological polar surface area (TPSA) is 55.8 Å². The molecule has 4 heteroatoms. The van der Waals surface area contributed by atoms with Crippen molar-refractivity contribution in [1.29, 1.82) is 0 Å². The Morgan fingerprint density at radius 3 is 2.14 bits per heavy atom. The maximum absolute atomic E-state index is 11.3. The molecule has 0 atom stereocenters. The quantitative estimate of drug-likeness (QED) is 0.847. The number of carboxylic acid groups (broad SMARTS) is 1. The number of carboxylic acids is 1. The Morgan fingerprint density at radius 2 is 1.68 bits per heavy atom. The molecule has 0 amide bonds. The van der Waals surface area contributed by atoms with E-state index in [1.54, 1.807) is 20.3 Å². The summed E-state index contributed by atoms with van der Waals surface area (Å²) in [5, 5.41) is 11.1. The predicted octanol–water partition coefficient (Wildman–Crippen LogP) is 4.04. The van der Waals surface area contributed by atoms with Gasteiger partial charge in [0, 0.05) is 27.5 Å². The second-order valence-electron chi connectivity index (χ2n) is 4.98. The second kappa shape index (κ2) is 6.52. The van der Waals surface area contributed by atoms with E-state index in [0.717, 1.165) is 27.6 Å². The Bertz CT molecular complexity index is 744. The maximum atomic E-state index is 11.3. The number of fused-ring (bicyclic) bond motifs is 1. The lowest BCUT2D eigenvalue weighted by Gasteiger charge is -2.17. The lowest BCUT2D eigenvalue weighted by molar-refractivity contribution is -0.132. The molecule has 2 aromatic carbocycles. The zero-order valence-electron chi connectivity index (χ0n) is 13.3. The Morgan fingerprint density at radius 1 is 1.14 bits per heavy atom. The van der Waals surface area contributed by atoms with Gasteiger partial charge in [-0.25, -0.2) is 4.79 Å². The number of benzene rings is 2. The SMILES string of the molecule is CC/C(=C\c1c(C)c(OC)c2ccccc2c1OC)C(=O)O. The molecule has 0 aliphatic carbocycles. The van der Waals surface area contributed by atoms with E-state index in [-0.39, 0.29) is 0 Å². The summed E-state index contributed by atoms with van der Waals surface area (Å²) in [6, 6.07) is 7.77. The first-order chi connectivity index (χ1) is 10.5. The molecule has 4 nitrogen and oxygen atoms in total. The zero-order chi connectivity index (χ0) is 16.3. The van der Waals surface area contributed by atoms with Crippen molar-refractivity contribution < 1.29 is 19.4 Å². The molecular weight excluding hydrogens is 280 g/mol. The van der Waals surface area contributed by atoms with Crippen molar-refractivity contribution >= 4 is 22.8 Å². The van der Waals surface area contributed by atoms with E-state index in [4.69, 9.17) is 9.47 Å². The molecule has 0 saturated heterocycles. The molecular formula is C18H20O4. The standard InChI is InChI=1S/C18H20O4/c1-5-12(18(19)20)10-15-11(2)16(21-3)13-8-6-7-9-14(13)17(15)22-4/h6-10H,5H2,1-4H3,(H,19,20)/b12-10+. The Labute approximate surface area is 130 Å². The average molecular weight is 300 g/mol. The minimum Gasteiger partial charge on any atom is -0.496 e. The molecule has 0 bridgehead atoms. The van der Waals surface area contributed by atoms with Crippen LogP contribution in [0.2, 0.25) is 0 Å². The lowest BCUT2D eigenvalue weighted by Crippen LogP contribution is -2.02. The Hall–Kier alpha value is -2.49. The van der Waals surface area contributed by atoms with Gasteiger partial charge in [-0.1, -0.05) is 31.2 Å². The van der Waals surface area contributed by atoms with Crippen LogP contribution in [0.1, 0.15) is 24.5 Å². The lowest BCUT2D eigenvalue weighted by atomic mass is 9.96. The average Bonchev–Trinajstić information content (AvgIpc) is 2.52. The zero-order valence-corrected chi connectivity index (χ0v) is 13.3. The van der Waals surface area contributed by atoms with E-state index in [1.807, 2.05) is 38.1 Å². The monoisotopic (exact) mass is 300 g/mol. The second-order valence-corrected chi connectivity index (χ2v) is 4.98. The third kappa shape index (κ3) is 2.64. The molecule has 1 N–H and O–H groups in total. The first kappa shape index (κ1) is 15.9. The summed E-state index contributed by atoms with van der Waals surface area (Å²) in [6.45, 7) is 3.73. The van der Waals surface area contributed by atoms with Gasteiger partial charge in [0.05, 0.1) is 14.2 Å². The van der Waals surface area contributed by atoms with Gasteiger partial charge in [0.2, 0.25) is 0 Å². The van der Waals surface area contributed by atoms with Crippen LogP contribution in [-0.4, -0.2) is 25.3 Å². The van der Waals surface area contributed by atoms with E-state index < -0.39 is 5.97 Å². The van der Waals surface area contributed by atoms with Crippen LogP contribution in [0.25, 0.3) is 16.8 Å². The van der Waals surface area contributed by atoms with Gasteiger partial charge in [-0.15, -0.1) is 0 Å². The number of hydrogen-bond donors (Lipinski definition) is 1. The molecule has 0 unspecified atom stereocenters. The number of aliphatic carboxylic acids is 1. The summed E-state index contributed by atoms with van der Waals surface area (Å²) >= 11 is 0. The van der Waals surface area contributed by atoms with Crippen molar-refractivity contribution in [1.82, 2.24) is 0 Å². The molecule has 0 heterocycles. The van der Waals surface area contributed by atoms with Gasteiger partial charge < -0.3 is 14.6 Å². The van der Waals surface area contributed by atoms with Crippen LogP contribution < -0.4 is 9.47 Å². The highest BCUT2D eigenvalue weighted by atomic mass is 16.5. The smallest absolute Gasteiger partial charge is 0.331 e. The van der Waals surface area contributed by atoms with Crippen LogP contribution in [0, 0.1) is 6.92 Å². The van der Waals surface area contributed by atoms with Gasteiger partial charge in [-0.05, 0) is 19.4 Å². The van der Waals surface area contributed by atoms with Gasteiger partial charge in [0.1, 0.15) is 11.5 Å². The molecule has 0 aromatic heterocycles. The van der Waals surface area contributed by atoms with E-state index >= 15 is 0 Å². The van der Waals surface area contributed by atoms with Gasteiger partial charge in [-0.2, -0.15) is 0 Å². The van der Waals surface area contributed by atoms with Crippen molar-refractivity contribution in [2.24, 2.45) is 0 Å². The van der Waals surface area contributed by atoms with E-state index in [1.165, 1.54) is 0 Å². The summed E-state index contributed by atoms with van der Waals surface area (Å²) in [5.41, 5.74) is 1.95.